The predicted molar refractivity (Wildman–Crippen MR) is 67.9 cm³/mol. The first-order valence-electron chi connectivity index (χ1n) is 6.58. The van der Waals surface area contributed by atoms with Crippen molar-refractivity contribution in [3.8, 4) is 0 Å². The molecule has 110 valence electrons. The van der Waals surface area contributed by atoms with E-state index in [1.165, 1.54) is 6.07 Å². The number of rotatable bonds is 5. The Labute approximate surface area is 115 Å². The fraction of sp³-hybridized carbons (Fsp3) is 0.500. The van der Waals surface area contributed by atoms with Crippen LogP contribution in [0.1, 0.15) is 30.9 Å². The van der Waals surface area contributed by atoms with E-state index in [-0.39, 0.29) is 25.0 Å². The van der Waals surface area contributed by atoms with E-state index in [1.54, 1.807) is 0 Å². The van der Waals surface area contributed by atoms with Gasteiger partial charge in [0, 0.05) is 13.2 Å². The number of ether oxygens (including phenoxy) is 1. The maximum absolute atomic E-state index is 13.4. The molecule has 0 aromatic heterocycles. The lowest BCUT2D eigenvalue weighted by molar-refractivity contribution is -0.123. The normalized spacial score (nSPS) is 19.9. The number of halogens is 2. The zero-order chi connectivity index (χ0) is 14.5. The van der Waals surface area contributed by atoms with Crippen molar-refractivity contribution in [2.24, 2.45) is 0 Å². The first-order valence-corrected chi connectivity index (χ1v) is 6.58. The zero-order valence-electron chi connectivity index (χ0n) is 10.9. The van der Waals surface area contributed by atoms with E-state index in [9.17, 15) is 18.7 Å². The van der Waals surface area contributed by atoms with E-state index < -0.39 is 23.3 Å². The van der Waals surface area contributed by atoms with Crippen LogP contribution in [0.4, 0.5) is 8.78 Å². The van der Waals surface area contributed by atoms with Crippen LogP contribution >= 0.6 is 0 Å². The van der Waals surface area contributed by atoms with Gasteiger partial charge >= 0.3 is 0 Å². The van der Waals surface area contributed by atoms with E-state index in [0.29, 0.717) is 6.61 Å². The maximum Gasteiger partial charge on any atom is 0.222 e. The molecule has 1 aliphatic rings. The summed E-state index contributed by atoms with van der Waals surface area (Å²) in [6.45, 7) is 0.421. The number of hydrogen-bond acceptors (Lipinski definition) is 3. The fourth-order valence-electron chi connectivity index (χ4n) is 2.23. The van der Waals surface area contributed by atoms with Gasteiger partial charge in [-0.15, -0.1) is 0 Å². The zero-order valence-corrected chi connectivity index (χ0v) is 10.9. The van der Waals surface area contributed by atoms with Gasteiger partial charge in [-0.25, -0.2) is 8.78 Å². The molecule has 0 bridgehead atoms. The molecule has 4 nitrogen and oxygen atoms in total. The number of carbonyl (C=O) groups excluding carboxylic acids is 1. The van der Waals surface area contributed by atoms with Crippen LogP contribution in [0, 0.1) is 11.6 Å². The van der Waals surface area contributed by atoms with E-state index in [4.69, 9.17) is 4.74 Å². The molecule has 2 atom stereocenters. The van der Waals surface area contributed by atoms with Crippen LogP contribution in [-0.2, 0) is 9.53 Å². The molecule has 0 radical (unpaired) electrons. The van der Waals surface area contributed by atoms with Crippen LogP contribution in [0.2, 0.25) is 0 Å². The molecule has 0 aliphatic carbocycles. The molecule has 1 aliphatic heterocycles. The van der Waals surface area contributed by atoms with Gasteiger partial charge in [0.25, 0.3) is 0 Å². The van der Waals surface area contributed by atoms with Crippen molar-refractivity contribution in [3.05, 3.63) is 35.4 Å². The number of aliphatic hydroxyl groups excluding tert-OH is 1. The molecule has 2 N–H and O–H groups in total. The molecular formula is C14H17F2NO3. The van der Waals surface area contributed by atoms with Gasteiger partial charge in [-0.1, -0.05) is 6.07 Å². The van der Waals surface area contributed by atoms with Crippen molar-refractivity contribution in [1.29, 1.82) is 0 Å². The molecule has 2 rings (SSSR count). The number of benzene rings is 1. The summed E-state index contributed by atoms with van der Waals surface area (Å²) >= 11 is 0. The van der Waals surface area contributed by atoms with Crippen LogP contribution in [0.5, 0.6) is 0 Å². The van der Waals surface area contributed by atoms with Gasteiger partial charge in [0.1, 0.15) is 17.7 Å². The first kappa shape index (κ1) is 14.9. The second-order valence-electron chi connectivity index (χ2n) is 4.79. The highest BCUT2D eigenvalue weighted by Crippen LogP contribution is 2.20. The van der Waals surface area contributed by atoms with Crippen molar-refractivity contribution in [2.45, 2.75) is 31.5 Å². The van der Waals surface area contributed by atoms with Gasteiger partial charge in [0.2, 0.25) is 5.91 Å². The summed E-state index contributed by atoms with van der Waals surface area (Å²) < 4.78 is 32.2. The monoisotopic (exact) mass is 285 g/mol. The van der Waals surface area contributed by atoms with Gasteiger partial charge < -0.3 is 15.2 Å². The van der Waals surface area contributed by atoms with E-state index >= 15 is 0 Å². The fourth-order valence-corrected chi connectivity index (χ4v) is 2.23. The van der Waals surface area contributed by atoms with E-state index in [0.717, 1.165) is 25.0 Å². The lowest BCUT2D eigenvalue weighted by atomic mass is 10.1. The Morgan fingerprint density at radius 2 is 2.15 bits per heavy atom. The molecular weight excluding hydrogens is 268 g/mol. The van der Waals surface area contributed by atoms with E-state index in [1.807, 2.05) is 0 Å². The number of carbonyl (C=O) groups is 1. The van der Waals surface area contributed by atoms with Crippen molar-refractivity contribution in [2.75, 3.05) is 13.2 Å². The Kier molecular flexibility index (Phi) is 5.03. The highest BCUT2D eigenvalue weighted by molar-refractivity contribution is 5.76. The highest BCUT2D eigenvalue weighted by Gasteiger charge is 2.21. The van der Waals surface area contributed by atoms with Crippen molar-refractivity contribution >= 4 is 5.91 Å². The minimum Gasteiger partial charge on any atom is -0.386 e. The predicted octanol–water partition coefficient (Wildman–Crippen LogP) is 1.68. The smallest absolute Gasteiger partial charge is 0.222 e. The Morgan fingerprint density at radius 3 is 2.75 bits per heavy atom. The van der Waals surface area contributed by atoms with Crippen LogP contribution in [-0.4, -0.2) is 30.3 Å². The van der Waals surface area contributed by atoms with Gasteiger partial charge in [-0.3, -0.25) is 4.79 Å². The molecule has 0 saturated carbocycles. The van der Waals surface area contributed by atoms with Gasteiger partial charge in [0.15, 0.2) is 0 Å². The third kappa shape index (κ3) is 3.74. The molecule has 1 saturated heterocycles. The summed E-state index contributed by atoms with van der Waals surface area (Å²) in [5.74, 6) is -1.95. The minimum atomic E-state index is -1.41. The average molecular weight is 285 g/mol. The Bertz CT molecular complexity index is 455. The van der Waals surface area contributed by atoms with Crippen molar-refractivity contribution in [3.63, 3.8) is 0 Å². The molecule has 20 heavy (non-hydrogen) atoms. The van der Waals surface area contributed by atoms with Gasteiger partial charge in [0.05, 0.1) is 18.1 Å². The quantitative estimate of drug-likeness (QED) is 0.865. The molecule has 1 aromatic carbocycles. The Hall–Kier alpha value is -1.53. The molecule has 2 unspecified atom stereocenters. The summed E-state index contributed by atoms with van der Waals surface area (Å²) in [5, 5.41) is 12.2. The second-order valence-corrected chi connectivity index (χ2v) is 4.79. The minimum absolute atomic E-state index is 0.0997. The molecule has 1 fully saturated rings. The first-order chi connectivity index (χ1) is 9.58. The van der Waals surface area contributed by atoms with Crippen LogP contribution in [0.25, 0.3) is 0 Å². The molecule has 1 aromatic rings. The second kappa shape index (κ2) is 6.76. The number of nitrogens with one attached hydrogen (secondary N) is 1. The van der Waals surface area contributed by atoms with Gasteiger partial charge in [-0.05, 0) is 25.0 Å². The summed E-state index contributed by atoms with van der Waals surface area (Å²) in [6, 6.07) is 3.35. The summed E-state index contributed by atoms with van der Waals surface area (Å²) in [7, 11) is 0. The summed E-state index contributed by atoms with van der Waals surface area (Å²) in [6.07, 6.45) is 0.452. The number of hydrogen-bond donors (Lipinski definition) is 2. The Balaban J connectivity index is 1.85. The summed E-state index contributed by atoms with van der Waals surface area (Å²) in [5.41, 5.74) is -0.426. The lowest BCUT2D eigenvalue weighted by Gasteiger charge is -2.15. The highest BCUT2D eigenvalue weighted by atomic mass is 19.1. The topological polar surface area (TPSA) is 58.6 Å². The van der Waals surface area contributed by atoms with Gasteiger partial charge in [-0.2, -0.15) is 0 Å². The largest absolute Gasteiger partial charge is 0.386 e. The molecule has 1 amide bonds. The average Bonchev–Trinajstić information content (AvgIpc) is 2.89. The van der Waals surface area contributed by atoms with E-state index in [2.05, 4.69) is 5.32 Å². The lowest BCUT2D eigenvalue weighted by Crippen LogP contribution is -2.31. The summed E-state index contributed by atoms with van der Waals surface area (Å²) in [4.78, 5) is 11.6. The molecule has 6 heteroatoms. The van der Waals surface area contributed by atoms with Crippen LogP contribution < -0.4 is 5.32 Å². The van der Waals surface area contributed by atoms with Crippen LogP contribution in [0.3, 0.4) is 0 Å². The number of aliphatic hydroxyl groups is 1. The standard InChI is InChI=1S/C14H17F2NO3/c15-10-4-1-5-11(16)14(10)12(18)8-17-13(19)7-9-3-2-6-20-9/h1,4-5,9,12,18H,2-3,6-8H2,(H,17,19). The van der Waals surface area contributed by atoms with Crippen molar-refractivity contribution in [1.82, 2.24) is 5.32 Å². The molecule has 0 spiro atoms. The van der Waals surface area contributed by atoms with Crippen LogP contribution in [0.15, 0.2) is 18.2 Å². The third-order valence-electron chi connectivity index (χ3n) is 3.26. The maximum atomic E-state index is 13.4. The SMILES string of the molecule is O=C(CC1CCCO1)NCC(O)c1c(F)cccc1F. The Morgan fingerprint density at radius 1 is 1.45 bits per heavy atom. The number of amides is 1. The molecule has 1 heterocycles. The van der Waals surface area contributed by atoms with Crippen molar-refractivity contribution < 1.29 is 23.4 Å². The third-order valence-corrected chi connectivity index (χ3v) is 3.26.